The van der Waals surface area contributed by atoms with Gasteiger partial charge in [-0.2, -0.15) is 0 Å². The molecule has 2 rings (SSSR count). The van der Waals surface area contributed by atoms with Crippen molar-refractivity contribution in [2.75, 3.05) is 39.8 Å². The SMILES string of the molecule is CN(C(=O)CN1CCOC(CN)C1)C1CCCCC1. The van der Waals surface area contributed by atoms with E-state index in [0.717, 1.165) is 25.9 Å². The molecule has 19 heavy (non-hydrogen) atoms. The maximum absolute atomic E-state index is 12.3. The first-order chi connectivity index (χ1) is 9.20. The second-order valence-corrected chi connectivity index (χ2v) is 5.76. The van der Waals surface area contributed by atoms with Gasteiger partial charge < -0.3 is 15.4 Å². The van der Waals surface area contributed by atoms with Gasteiger partial charge in [-0.1, -0.05) is 19.3 Å². The van der Waals surface area contributed by atoms with E-state index in [2.05, 4.69) is 4.90 Å². The third-order valence-electron chi connectivity index (χ3n) is 4.36. The number of nitrogens with zero attached hydrogens (tertiary/aromatic N) is 2. The monoisotopic (exact) mass is 269 g/mol. The fourth-order valence-corrected chi connectivity index (χ4v) is 3.04. The van der Waals surface area contributed by atoms with E-state index in [1.165, 1.54) is 19.3 Å². The van der Waals surface area contributed by atoms with Gasteiger partial charge in [0.05, 0.1) is 19.3 Å². The predicted octanol–water partition coefficient (Wildman–Crippen LogP) is 0.437. The van der Waals surface area contributed by atoms with Gasteiger partial charge in [0.2, 0.25) is 5.91 Å². The number of likely N-dealkylation sites (N-methyl/N-ethyl adjacent to an activating group) is 1. The van der Waals surface area contributed by atoms with Crippen LogP contribution in [0.3, 0.4) is 0 Å². The van der Waals surface area contributed by atoms with Crippen molar-refractivity contribution in [2.45, 2.75) is 44.2 Å². The van der Waals surface area contributed by atoms with Crippen LogP contribution in [0.25, 0.3) is 0 Å². The van der Waals surface area contributed by atoms with Crippen LogP contribution in [0.5, 0.6) is 0 Å². The van der Waals surface area contributed by atoms with E-state index in [9.17, 15) is 4.79 Å². The number of morpholine rings is 1. The van der Waals surface area contributed by atoms with Crippen molar-refractivity contribution in [2.24, 2.45) is 5.73 Å². The van der Waals surface area contributed by atoms with E-state index in [4.69, 9.17) is 10.5 Å². The summed E-state index contributed by atoms with van der Waals surface area (Å²) in [6, 6.07) is 0.451. The fourth-order valence-electron chi connectivity index (χ4n) is 3.04. The maximum atomic E-state index is 12.3. The van der Waals surface area contributed by atoms with Gasteiger partial charge in [-0.05, 0) is 12.8 Å². The lowest BCUT2D eigenvalue weighted by Crippen LogP contribution is -2.50. The molecule has 1 amide bonds. The molecule has 2 N–H and O–H groups in total. The third kappa shape index (κ3) is 4.16. The number of amides is 1. The Balaban J connectivity index is 1.79. The van der Waals surface area contributed by atoms with Gasteiger partial charge in [0.1, 0.15) is 0 Å². The average Bonchev–Trinajstić information content (AvgIpc) is 2.47. The number of nitrogens with two attached hydrogens (primary N) is 1. The summed E-state index contributed by atoms with van der Waals surface area (Å²) < 4.78 is 5.52. The molecule has 0 bridgehead atoms. The summed E-state index contributed by atoms with van der Waals surface area (Å²) in [6.45, 7) is 3.33. The minimum atomic E-state index is 0.0848. The molecule has 0 aromatic carbocycles. The van der Waals surface area contributed by atoms with Crippen LogP contribution >= 0.6 is 0 Å². The summed E-state index contributed by atoms with van der Waals surface area (Å²) in [5.41, 5.74) is 5.63. The smallest absolute Gasteiger partial charge is 0.236 e. The third-order valence-corrected chi connectivity index (χ3v) is 4.36. The van der Waals surface area contributed by atoms with E-state index in [-0.39, 0.29) is 12.0 Å². The summed E-state index contributed by atoms with van der Waals surface area (Å²) in [5, 5.41) is 0. The first-order valence-corrected chi connectivity index (χ1v) is 7.50. The number of rotatable bonds is 4. The van der Waals surface area contributed by atoms with Crippen molar-refractivity contribution in [3.05, 3.63) is 0 Å². The Morgan fingerprint density at radius 3 is 2.79 bits per heavy atom. The topological polar surface area (TPSA) is 58.8 Å². The van der Waals surface area contributed by atoms with Crippen molar-refractivity contribution < 1.29 is 9.53 Å². The number of carbonyl (C=O) groups excluding carboxylic acids is 1. The molecule has 1 heterocycles. The van der Waals surface area contributed by atoms with E-state index < -0.39 is 0 Å². The lowest BCUT2D eigenvalue weighted by molar-refractivity contribution is -0.135. The van der Waals surface area contributed by atoms with Crippen LogP contribution in [0.4, 0.5) is 0 Å². The molecule has 2 aliphatic rings. The highest BCUT2D eigenvalue weighted by Crippen LogP contribution is 2.21. The molecular formula is C14H27N3O2. The number of carbonyl (C=O) groups is 1. The first kappa shape index (κ1) is 14.8. The van der Waals surface area contributed by atoms with Crippen LogP contribution in [0.2, 0.25) is 0 Å². The Hall–Kier alpha value is -0.650. The molecule has 0 radical (unpaired) electrons. The zero-order chi connectivity index (χ0) is 13.7. The van der Waals surface area contributed by atoms with E-state index >= 15 is 0 Å². The van der Waals surface area contributed by atoms with Crippen LogP contribution in [-0.2, 0) is 9.53 Å². The van der Waals surface area contributed by atoms with Crippen molar-refractivity contribution >= 4 is 5.91 Å². The lowest BCUT2D eigenvalue weighted by Gasteiger charge is -2.35. The Labute approximate surface area is 116 Å². The Morgan fingerprint density at radius 1 is 1.37 bits per heavy atom. The van der Waals surface area contributed by atoms with Gasteiger partial charge in [0.15, 0.2) is 0 Å². The van der Waals surface area contributed by atoms with Gasteiger partial charge in [0, 0.05) is 32.7 Å². The second-order valence-electron chi connectivity index (χ2n) is 5.76. The van der Waals surface area contributed by atoms with Crippen molar-refractivity contribution in [1.29, 1.82) is 0 Å². The summed E-state index contributed by atoms with van der Waals surface area (Å²) in [5.74, 6) is 0.240. The molecule has 5 nitrogen and oxygen atoms in total. The van der Waals surface area contributed by atoms with Crippen molar-refractivity contribution in [3.63, 3.8) is 0 Å². The van der Waals surface area contributed by atoms with Gasteiger partial charge in [-0.3, -0.25) is 9.69 Å². The average molecular weight is 269 g/mol. The minimum Gasteiger partial charge on any atom is -0.374 e. The number of hydrogen-bond acceptors (Lipinski definition) is 4. The zero-order valence-corrected chi connectivity index (χ0v) is 12.0. The fraction of sp³-hybridized carbons (Fsp3) is 0.929. The summed E-state index contributed by atoms with van der Waals surface area (Å²) in [4.78, 5) is 16.5. The molecule has 1 saturated heterocycles. The largest absolute Gasteiger partial charge is 0.374 e. The Kier molecular flexibility index (Phi) is 5.60. The molecule has 5 heteroatoms. The highest BCUT2D eigenvalue weighted by molar-refractivity contribution is 5.78. The highest BCUT2D eigenvalue weighted by Gasteiger charge is 2.26. The minimum absolute atomic E-state index is 0.0848. The molecule has 1 unspecified atom stereocenters. The van der Waals surface area contributed by atoms with Gasteiger partial charge in [-0.25, -0.2) is 0 Å². The molecule has 0 aromatic rings. The highest BCUT2D eigenvalue weighted by atomic mass is 16.5. The Morgan fingerprint density at radius 2 is 2.11 bits per heavy atom. The van der Waals surface area contributed by atoms with Crippen LogP contribution in [0, 0.1) is 0 Å². The zero-order valence-electron chi connectivity index (χ0n) is 12.0. The van der Waals surface area contributed by atoms with Crippen LogP contribution in [-0.4, -0.2) is 67.7 Å². The lowest BCUT2D eigenvalue weighted by atomic mass is 9.94. The Bertz CT molecular complexity index is 292. The normalized spacial score (nSPS) is 26.3. The van der Waals surface area contributed by atoms with E-state index in [1.54, 1.807) is 0 Å². The molecule has 1 aliphatic heterocycles. The molecule has 0 aromatic heterocycles. The molecule has 1 saturated carbocycles. The van der Waals surface area contributed by atoms with Gasteiger partial charge in [0.25, 0.3) is 0 Å². The molecule has 110 valence electrons. The summed E-state index contributed by atoms with van der Waals surface area (Å²) >= 11 is 0. The first-order valence-electron chi connectivity index (χ1n) is 7.50. The predicted molar refractivity (Wildman–Crippen MR) is 74.9 cm³/mol. The van der Waals surface area contributed by atoms with Crippen molar-refractivity contribution in [1.82, 2.24) is 9.80 Å². The van der Waals surface area contributed by atoms with Crippen molar-refractivity contribution in [3.8, 4) is 0 Å². The molecule has 1 aliphatic carbocycles. The molecule has 0 spiro atoms. The van der Waals surface area contributed by atoms with Gasteiger partial charge >= 0.3 is 0 Å². The molecule has 2 fully saturated rings. The van der Waals surface area contributed by atoms with E-state index in [1.807, 2.05) is 11.9 Å². The second kappa shape index (κ2) is 7.22. The quantitative estimate of drug-likeness (QED) is 0.804. The molecule has 1 atom stereocenters. The van der Waals surface area contributed by atoms with E-state index in [0.29, 0.717) is 25.7 Å². The standard InChI is InChI=1S/C14H27N3O2/c1-16(12-5-3-2-4-6-12)14(18)11-17-7-8-19-13(9-15)10-17/h12-13H,2-11,15H2,1H3. The number of hydrogen-bond donors (Lipinski definition) is 1. The van der Waals surface area contributed by atoms with Crippen LogP contribution < -0.4 is 5.73 Å². The summed E-state index contributed by atoms with van der Waals surface area (Å²) in [7, 11) is 1.96. The maximum Gasteiger partial charge on any atom is 0.236 e. The van der Waals surface area contributed by atoms with Crippen LogP contribution in [0.1, 0.15) is 32.1 Å². The number of ether oxygens (including phenoxy) is 1. The summed E-state index contributed by atoms with van der Waals surface area (Å²) in [6.07, 6.45) is 6.25. The van der Waals surface area contributed by atoms with Gasteiger partial charge in [-0.15, -0.1) is 0 Å². The van der Waals surface area contributed by atoms with Crippen LogP contribution in [0.15, 0.2) is 0 Å². The molecular weight excluding hydrogens is 242 g/mol.